The van der Waals surface area contributed by atoms with Crippen LogP contribution in [0.4, 0.5) is 0 Å². The van der Waals surface area contributed by atoms with E-state index in [0.29, 0.717) is 18.0 Å². The lowest BCUT2D eigenvalue weighted by Crippen LogP contribution is -2.45. The number of hydrogen-bond donors (Lipinski definition) is 0. The van der Waals surface area contributed by atoms with Gasteiger partial charge in [0.15, 0.2) is 5.78 Å². The molecule has 4 heteroatoms. The molecule has 1 atom stereocenters. The maximum Gasteiger partial charge on any atom is 0.181 e. The van der Waals surface area contributed by atoms with Gasteiger partial charge in [-0.1, -0.05) is 30.3 Å². The van der Waals surface area contributed by atoms with E-state index in [4.69, 9.17) is 4.74 Å². The van der Waals surface area contributed by atoms with Crippen molar-refractivity contribution in [2.75, 3.05) is 19.6 Å². The summed E-state index contributed by atoms with van der Waals surface area (Å²) in [5.41, 5.74) is 4.17. The molecular formula is C24H28N2O2. The van der Waals surface area contributed by atoms with Gasteiger partial charge in [0.25, 0.3) is 0 Å². The Kier molecular flexibility index (Phi) is 4.18. The Morgan fingerprint density at radius 1 is 1.07 bits per heavy atom. The topological polar surface area (TPSA) is 42.4 Å². The number of carbonyl (C=O) groups excluding carboxylic acids is 1. The summed E-state index contributed by atoms with van der Waals surface area (Å²) in [4.78, 5) is 19.3. The van der Waals surface area contributed by atoms with Crippen molar-refractivity contribution < 1.29 is 9.53 Å². The lowest BCUT2D eigenvalue weighted by molar-refractivity contribution is -0.150. The van der Waals surface area contributed by atoms with Gasteiger partial charge in [0, 0.05) is 32.3 Å². The van der Waals surface area contributed by atoms with Crippen molar-refractivity contribution in [3.63, 3.8) is 0 Å². The molecule has 1 spiro atoms. The van der Waals surface area contributed by atoms with Crippen LogP contribution in [0.3, 0.4) is 0 Å². The molecule has 1 aliphatic carbocycles. The molecular weight excluding hydrogens is 348 g/mol. The van der Waals surface area contributed by atoms with Crippen LogP contribution in [0.5, 0.6) is 0 Å². The summed E-state index contributed by atoms with van der Waals surface area (Å²) in [5, 5.41) is 0. The number of ether oxygens (including phenoxy) is 1. The van der Waals surface area contributed by atoms with E-state index < -0.39 is 0 Å². The first kappa shape index (κ1) is 18.0. The number of carbonyl (C=O) groups is 1. The molecule has 0 amide bonds. The van der Waals surface area contributed by atoms with Gasteiger partial charge in [-0.15, -0.1) is 0 Å². The zero-order valence-electron chi connectivity index (χ0n) is 16.8. The Morgan fingerprint density at radius 2 is 1.82 bits per heavy atom. The smallest absolute Gasteiger partial charge is 0.181 e. The number of fused-ring (bicyclic) bond motifs is 3. The average molecular weight is 377 g/mol. The van der Waals surface area contributed by atoms with Crippen LogP contribution >= 0.6 is 0 Å². The number of piperidine rings is 1. The molecule has 0 saturated carbocycles. The maximum atomic E-state index is 12.4. The fraction of sp³-hybridized carbons (Fsp3) is 0.500. The van der Waals surface area contributed by atoms with E-state index >= 15 is 0 Å². The molecule has 0 bridgehead atoms. The molecule has 0 unspecified atom stereocenters. The molecule has 0 radical (unpaired) electrons. The summed E-state index contributed by atoms with van der Waals surface area (Å²) in [6.07, 6.45) is 5.35. The summed E-state index contributed by atoms with van der Waals surface area (Å²) in [6, 6.07) is 12.7. The van der Waals surface area contributed by atoms with E-state index in [1.807, 2.05) is 6.07 Å². The van der Waals surface area contributed by atoms with Crippen LogP contribution in [-0.2, 0) is 22.4 Å². The van der Waals surface area contributed by atoms with Crippen LogP contribution < -0.4 is 0 Å². The summed E-state index contributed by atoms with van der Waals surface area (Å²) in [7, 11) is 0. The molecule has 3 heterocycles. The van der Waals surface area contributed by atoms with Crippen molar-refractivity contribution in [1.29, 1.82) is 0 Å². The number of nitrogens with zero attached hydrogens (tertiary/aromatic N) is 2. The molecule has 2 aromatic rings. The van der Waals surface area contributed by atoms with E-state index in [0.717, 1.165) is 44.5 Å². The zero-order valence-corrected chi connectivity index (χ0v) is 16.8. The molecule has 2 aliphatic heterocycles. The first-order valence-electron chi connectivity index (χ1n) is 10.5. The number of ketones is 1. The monoisotopic (exact) mass is 376 g/mol. The third-order valence-electron chi connectivity index (χ3n) is 6.84. The molecule has 1 aromatic heterocycles. The van der Waals surface area contributed by atoms with Crippen molar-refractivity contribution in [2.24, 2.45) is 5.92 Å². The van der Waals surface area contributed by atoms with E-state index in [-0.39, 0.29) is 17.0 Å². The lowest BCUT2D eigenvalue weighted by Gasteiger charge is -2.42. The Balaban J connectivity index is 1.27. The van der Waals surface area contributed by atoms with Crippen LogP contribution in [0.2, 0.25) is 0 Å². The summed E-state index contributed by atoms with van der Waals surface area (Å²) in [6.45, 7) is 7.41. The number of hydrogen-bond acceptors (Lipinski definition) is 4. The minimum absolute atomic E-state index is 0.143. The fourth-order valence-corrected chi connectivity index (χ4v) is 5.56. The summed E-state index contributed by atoms with van der Waals surface area (Å²) < 4.78 is 6.66. The molecule has 28 heavy (non-hydrogen) atoms. The van der Waals surface area contributed by atoms with Crippen LogP contribution in [0.1, 0.15) is 60.3 Å². The van der Waals surface area contributed by atoms with Gasteiger partial charge in [-0.05, 0) is 61.8 Å². The fourth-order valence-electron chi connectivity index (χ4n) is 5.56. The third kappa shape index (κ3) is 2.90. The number of likely N-dealkylation sites (tertiary alicyclic amines) is 1. The van der Waals surface area contributed by atoms with E-state index in [9.17, 15) is 4.79 Å². The van der Waals surface area contributed by atoms with Gasteiger partial charge < -0.3 is 9.64 Å². The second-order valence-electron chi connectivity index (χ2n) is 9.16. The van der Waals surface area contributed by atoms with E-state index in [1.54, 1.807) is 6.20 Å². The largest absolute Gasteiger partial charge is 0.360 e. The van der Waals surface area contributed by atoms with Gasteiger partial charge in [0.2, 0.25) is 0 Å². The van der Waals surface area contributed by atoms with Crippen molar-refractivity contribution >= 4 is 5.78 Å². The molecule has 4 nitrogen and oxygen atoms in total. The van der Waals surface area contributed by atoms with Crippen LogP contribution in [0.25, 0.3) is 0 Å². The maximum absolute atomic E-state index is 12.4. The Morgan fingerprint density at radius 3 is 2.61 bits per heavy atom. The van der Waals surface area contributed by atoms with Crippen LogP contribution in [-0.4, -0.2) is 35.3 Å². The minimum Gasteiger partial charge on any atom is -0.360 e. The second-order valence-corrected chi connectivity index (χ2v) is 9.16. The molecule has 1 aromatic carbocycles. The molecule has 146 valence electrons. The highest BCUT2D eigenvalue weighted by Gasteiger charge is 2.49. The number of pyridine rings is 1. The standard InChI is InChI=1S/C24H28N2O2/c1-23(2)19-7-3-4-8-20(19)24(28-23)9-12-26(13-10-24)16-17-14-18-6-5-11-25-22(18)21(27)15-17/h3-8,11,17H,9-10,12-16H2,1-2H3/t17-/m1/s1. The number of aromatic nitrogens is 1. The van der Waals surface area contributed by atoms with Gasteiger partial charge in [0.1, 0.15) is 5.69 Å². The summed E-state index contributed by atoms with van der Waals surface area (Å²) >= 11 is 0. The molecule has 5 rings (SSSR count). The predicted octanol–water partition coefficient (Wildman–Crippen LogP) is 4.08. The highest BCUT2D eigenvalue weighted by molar-refractivity contribution is 5.96. The number of Topliss-reactive ketones (excluding diaryl/α,β-unsaturated/α-hetero) is 1. The van der Waals surface area contributed by atoms with Gasteiger partial charge >= 0.3 is 0 Å². The van der Waals surface area contributed by atoms with E-state index in [1.165, 1.54) is 11.1 Å². The third-order valence-corrected chi connectivity index (χ3v) is 6.84. The molecule has 0 N–H and O–H groups in total. The van der Waals surface area contributed by atoms with Crippen LogP contribution in [0, 0.1) is 5.92 Å². The highest BCUT2D eigenvalue weighted by atomic mass is 16.5. The van der Waals surface area contributed by atoms with Crippen molar-refractivity contribution in [3.8, 4) is 0 Å². The first-order valence-corrected chi connectivity index (χ1v) is 10.5. The molecule has 1 saturated heterocycles. The van der Waals surface area contributed by atoms with Gasteiger partial charge in [0.05, 0.1) is 11.2 Å². The van der Waals surface area contributed by atoms with Gasteiger partial charge in [-0.25, -0.2) is 0 Å². The summed E-state index contributed by atoms with van der Waals surface area (Å²) in [5.74, 6) is 0.599. The normalized spacial score (nSPS) is 25.5. The van der Waals surface area contributed by atoms with E-state index in [2.05, 4.69) is 54.1 Å². The van der Waals surface area contributed by atoms with Crippen molar-refractivity contribution in [2.45, 2.75) is 50.7 Å². The van der Waals surface area contributed by atoms with Gasteiger partial charge in [-0.3, -0.25) is 9.78 Å². The molecule has 1 fully saturated rings. The van der Waals surface area contributed by atoms with Gasteiger partial charge in [-0.2, -0.15) is 0 Å². The Hall–Kier alpha value is -2.04. The number of benzene rings is 1. The number of rotatable bonds is 2. The predicted molar refractivity (Wildman–Crippen MR) is 108 cm³/mol. The minimum atomic E-state index is -0.217. The quantitative estimate of drug-likeness (QED) is 0.792. The average Bonchev–Trinajstić information content (AvgIpc) is 2.91. The molecule has 3 aliphatic rings. The zero-order chi connectivity index (χ0) is 19.4. The van der Waals surface area contributed by atoms with Crippen molar-refractivity contribution in [1.82, 2.24) is 9.88 Å². The van der Waals surface area contributed by atoms with Crippen LogP contribution in [0.15, 0.2) is 42.6 Å². The first-order chi connectivity index (χ1) is 13.5. The Bertz CT molecular complexity index is 912. The highest BCUT2D eigenvalue weighted by Crippen LogP contribution is 2.51. The Labute approximate surface area is 166 Å². The SMILES string of the molecule is CC1(C)OC2(CCN(C[C@H]3CC(=O)c4ncccc4C3)CC2)c2ccccc21. The second kappa shape index (κ2) is 6.50. The van der Waals surface area contributed by atoms with Crippen molar-refractivity contribution in [3.05, 3.63) is 65.0 Å². The lowest BCUT2D eigenvalue weighted by atomic mass is 9.81.